The molecule has 1 aliphatic rings. The minimum Gasteiger partial charge on any atom is -0.508 e. The summed E-state index contributed by atoms with van der Waals surface area (Å²) in [6, 6.07) is 10.5. The van der Waals surface area contributed by atoms with Gasteiger partial charge in [-0.2, -0.15) is 24.4 Å². The number of aromatic hydroxyl groups is 4. The van der Waals surface area contributed by atoms with Gasteiger partial charge in [0, 0.05) is 63.4 Å². The maximum atomic E-state index is 15.3. The van der Waals surface area contributed by atoms with Crippen molar-refractivity contribution in [2.45, 2.75) is 195 Å². The summed E-state index contributed by atoms with van der Waals surface area (Å²) in [5.41, 5.74) is 14.3. The second-order valence-corrected chi connectivity index (χ2v) is 32.6. The third kappa shape index (κ3) is 33.5. The molecule has 0 spiro atoms. The summed E-state index contributed by atoms with van der Waals surface area (Å²) in [5.74, 6) is -17.7. The molecule has 2 heterocycles. The van der Waals surface area contributed by atoms with Crippen LogP contribution in [0.5, 0.6) is 23.0 Å². The number of aliphatic carboxylic acids is 2. The number of aromatic amines is 1. The lowest BCUT2D eigenvalue weighted by molar-refractivity contribution is -0.143. The zero-order chi connectivity index (χ0) is 93.8. The number of nitrogens with zero attached hydrogens (tertiary/aromatic N) is 2. The number of aliphatic hydroxyl groups is 1. The number of primary amides is 1. The number of aliphatic hydroxyl groups excluding tert-OH is 1. The number of phenols is 4. The van der Waals surface area contributed by atoms with Crippen molar-refractivity contribution in [2.24, 2.45) is 17.4 Å². The molecule has 1 saturated heterocycles. The Morgan fingerprint density at radius 1 is 0.469 bits per heavy atom. The van der Waals surface area contributed by atoms with Gasteiger partial charge in [0.1, 0.15) is 102 Å². The van der Waals surface area contributed by atoms with E-state index >= 15 is 4.79 Å². The number of nitrogens with two attached hydrogens (primary N) is 2. The van der Waals surface area contributed by atoms with Crippen molar-refractivity contribution >= 4 is 119 Å². The molecule has 128 heavy (non-hydrogen) atoms. The first kappa shape index (κ1) is 102. The average Bonchev–Trinajstić information content (AvgIpc) is 1.63. The van der Waals surface area contributed by atoms with Crippen molar-refractivity contribution in [1.29, 1.82) is 0 Å². The highest BCUT2D eigenvalue weighted by molar-refractivity contribution is 7.98. The predicted molar refractivity (Wildman–Crippen MR) is 468 cm³/mol. The molecule has 14 amide bonds. The minimum atomic E-state index is -1.83. The van der Waals surface area contributed by atoms with Gasteiger partial charge in [0.15, 0.2) is 0 Å². The molecule has 0 unspecified atom stereocenters. The number of hydrogen-bond donors (Lipinski definition) is 23. The normalized spacial score (nSPS) is 15.4. The molecule has 0 bridgehead atoms. The Labute approximate surface area is 746 Å². The lowest BCUT2D eigenvalue weighted by Gasteiger charge is -2.31. The van der Waals surface area contributed by atoms with Crippen molar-refractivity contribution in [1.82, 2.24) is 78.7 Å². The number of imidazole rings is 1. The molecule has 0 saturated carbocycles. The van der Waals surface area contributed by atoms with E-state index in [2.05, 4.69) is 86.4 Å². The van der Waals surface area contributed by atoms with Crippen LogP contribution in [-0.2, 0) is 115 Å². The predicted octanol–water partition coefficient (Wildman–Crippen LogP) is -1.92. The highest BCUT2D eigenvalue weighted by Gasteiger charge is 2.43. The number of thiol groups is 1. The van der Waals surface area contributed by atoms with E-state index in [0.717, 1.165) is 11.8 Å². The number of carboxylic acids is 2. The van der Waals surface area contributed by atoms with Crippen molar-refractivity contribution < 1.29 is 112 Å². The molecule has 24 N–H and O–H groups in total. The average molecular weight is 1820 g/mol. The Morgan fingerprint density at radius 2 is 0.867 bits per heavy atom. The highest BCUT2D eigenvalue weighted by atomic mass is 32.2. The molecule has 6 aromatic rings. The van der Waals surface area contributed by atoms with Crippen LogP contribution in [0.2, 0.25) is 0 Å². The number of hydrogen-bond acceptors (Lipinski definition) is 25. The van der Waals surface area contributed by atoms with Crippen LogP contribution in [0.25, 0.3) is 0 Å². The molecule has 7 rings (SSSR count). The van der Waals surface area contributed by atoms with Gasteiger partial charge < -0.3 is 121 Å². The zero-order valence-electron chi connectivity index (χ0n) is 70.7. The number of carbonyl (C=O) groups is 16. The maximum absolute atomic E-state index is 15.3. The van der Waals surface area contributed by atoms with Crippen LogP contribution in [0, 0.1) is 5.92 Å². The van der Waals surface area contributed by atoms with Gasteiger partial charge in [-0.3, -0.25) is 76.7 Å². The van der Waals surface area contributed by atoms with E-state index in [1.807, 2.05) is 0 Å². The van der Waals surface area contributed by atoms with E-state index in [-0.39, 0.29) is 105 Å². The van der Waals surface area contributed by atoms with Gasteiger partial charge in [-0.1, -0.05) is 92.7 Å². The monoisotopic (exact) mass is 1810 g/mol. The van der Waals surface area contributed by atoms with Crippen LogP contribution in [-0.4, -0.2) is 261 Å². The van der Waals surface area contributed by atoms with Gasteiger partial charge in [-0.15, -0.1) is 0 Å². The topological polar surface area (TPSA) is 643 Å². The Kier molecular flexibility index (Phi) is 40.3. The first-order chi connectivity index (χ1) is 60.9. The SMILES string of the molecule is CSCC[C@H](NC(=O)[C@H](CS)NC(=O)[C@H](Cc1ccc(O)cc1)NC(=O)[C@@H](N)Cc1ccc(O)cc1)C(=O)N[C@@H](CCC(N)=O)C(=O)N[C@@H](Cc1c[nH]cn1)C(=O)N[C@@H](CC(C)C)C(=O)N[C@@H](CCC(=O)O)C(=O)N[C@@H](Cc1ccc(O)cc1)C(=O)N1CCC[C@H]1C(=O)N[C@@H](Cc1ccc(O)cc1)C(=O)N[C@H](C(=O)N[C@@H](Cc1ccccc1)C(=O)NCC(=O)O)[C@@H](C)O. The second kappa shape index (κ2) is 50.7. The summed E-state index contributed by atoms with van der Waals surface area (Å²) in [6.45, 7) is 3.56. The molecule has 0 aliphatic carbocycles. The lowest BCUT2D eigenvalue weighted by atomic mass is 10.00. The molecular formula is C86H111N17O23S2. The molecule has 1 fully saturated rings. The Morgan fingerprint density at radius 3 is 1.34 bits per heavy atom. The van der Waals surface area contributed by atoms with Gasteiger partial charge >= 0.3 is 11.9 Å². The van der Waals surface area contributed by atoms with Gasteiger partial charge in [-0.05, 0) is 146 Å². The van der Waals surface area contributed by atoms with E-state index in [9.17, 15) is 108 Å². The summed E-state index contributed by atoms with van der Waals surface area (Å²) in [7, 11) is 0. The number of benzene rings is 5. The second-order valence-electron chi connectivity index (χ2n) is 31.2. The third-order valence-electron chi connectivity index (χ3n) is 20.6. The number of carboxylic acid groups (broad SMARTS) is 2. The molecule has 40 nitrogen and oxygen atoms in total. The molecule has 0 radical (unpaired) electrons. The van der Waals surface area contributed by atoms with Gasteiger partial charge in [-0.25, -0.2) is 4.98 Å². The Balaban J connectivity index is 1.09. The van der Waals surface area contributed by atoms with Crippen LogP contribution in [0.1, 0.15) is 106 Å². The van der Waals surface area contributed by atoms with E-state index in [1.165, 1.54) is 109 Å². The van der Waals surface area contributed by atoms with Crippen LogP contribution < -0.4 is 75.3 Å². The molecule has 42 heteroatoms. The van der Waals surface area contributed by atoms with Crippen molar-refractivity contribution in [3.05, 3.63) is 173 Å². The summed E-state index contributed by atoms with van der Waals surface area (Å²) < 4.78 is 0. The van der Waals surface area contributed by atoms with Gasteiger partial charge in [0.25, 0.3) is 0 Å². The number of aromatic nitrogens is 2. The smallest absolute Gasteiger partial charge is 0.322 e. The zero-order valence-corrected chi connectivity index (χ0v) is 72.4. The summed E-state index contributed by atoms with van der Waals surface area (Å²) in [4.78, 5) is 233. The Hall–Kier alpha value is -13.4. The van der Waals surface area contributed by atoms with Crippen molar-refractivity contribution in [2.75, 3.05) is 30.9 Å². The number of nitrogens with one attached hydrogen (secondary N) is 13. The third-order valence-corrected chi connectivity index (χ3v) is 21.6. The fraction of sp³-hybridized carbons (Fsp3) is 0.430. The van der Waals surface area contributed by atoms with Crippen molar-refractivity contribution in [3.63, 3.8) is 0 Å². The highest BCUT2D eigenvalue weighted by Crippen LogP contribution is 2.24. The Bertz CT molecular complexity index is 4790. The first-order valence-electron chi connectivity index (χ1n) is 41.2. The van der Waals surface area contributed by atoms with E-state index < -0.39 is 224 Å². The van der Waals surface area contributed by atoms with Crippen LogP contribution in [0.15, 0.2) is 140 Å². The lowest BCUT2D eigenvalue weighted by Crippen LogP contribution is -2.62. The molecule has 14 atom stereocenters. The van der Waals surface area contributed by atoms with E-state index in [0.29, 0.717) is 27.8 Å². The summed E-state index contributed by atoms with van der Waals surface area (Å²) >= 11 is 5.60. The molecule has 1 aliphatic heterocycles. The van der Waals surface area contributed by atoms with Crippen LogP contribution in [0.4, 0.5) is 0 Å². The minimum absolute atomic E-state index is 0.000550. The fourth-order valence-corrected chi connectivity index (χ4v) is 14.5. The van der Waals surface area contributed by atoms with Crippen LogP contribution >= 0.6 is 24.4 Å². The maximum Gasteiger partial charge on any atom is 0.322 e. The number of rotatable bonds is 51. The van der Waals surface area contributed by atoms with E-state index in [4.69, 9.17) is 11.5 Å². The van der Waals surface area contributed by atoms with Crippen LogP contribution in [0.3, 0.4) is 0 Å². The standard InChI is InChI=1S/C86H111N17O23S2/c1-46(2)35-62(96-81(121)66(41-53-42-89-45-91-53)97-76(116)59(28-30-70(88)109)92-78(118)61(32-34-128-4)94-83(123)68(44-127)101-80(120)64(38-50-14-22-55(106)23-15-50)95-74(114)58(87)36-49-12-20-54(105)21-13-49)79(119)93-60(29-31-71(110)111)77(117)100-67(40-52-18-26-57(108)27-19-52)86(126)103-33-8-11-69(103)84(124)98-65(39-51-16-24-56(107)25-17-51)82(122)102-73(47(3)104)85(125)99-63(75(115)90-43-72(112)113)37-48-9-6-5-7-10-48/h5-7,9-10,12-27,42,45-47,58-69,73,104-108,127H,8,11,28-41,43-44,87H2,1-4H3,(H2,88,109)(H,89,91)(H,90,115)(H,92,118)(H,93,119)(H,94,123)(H,95,114)(H,96,121)(H,97,116)(H,98,124)(H,99,125)(H,100,117)(H,101,120)(H,102,122)(H,110,111)(H,112,113)/t47-,58+,59+,60+,61+,62+,63+,64+,65+,66+,67+,68+,69+,73+/m1/s1. The van der Waals surface area contributed by atoms with E-state index in [1.54, 1.807) is 62.6 Å². The number of phenolic OH excluding ortho intramolecular Hbond substituents is 4. The fourth-order valence-electron chi connectivity index (χ4n) is 13.7. The molecule has 1 aromatic heterocycles. The summed E-state index contributed by atoms with van der Waals surface area (Å²) in [6.07, 6.45) is -1.38. The summed E-state index contributed by atoms with van der Waals surface area (Å²) in [5, 5.41) is 101. The quantitative estimate of drug-likeness (QED) is 0.0185. The number of amides is 14. The number of H-pyrrole nitrogens is 1. The number of carbonyl (C=O) groups excluding carboxylic acids is 14. The molecular weight excluding hydrogens is 1700 g/mol. The first-order valence-corrected chi connectivity index (χ1v) is 43.2. The number of likely N-dealkylation sites (tertiary alicyclic amines) is 1. The van der Waals surface area contributed by atoms with Gasteiger partial charge in [0.05, 0.1) is 24.2 Å². The number of thioether (sulfide) groups is 1. The van der Waals surface area contributed by atoms with Crippen molar-refractivity contribution in [3.8, 4) is 23.0 Å². The van der Waals surface area contributed by atoms with Gasteiger partial charge in [0.2, 0.25) is 82.7 Å². The largest absolute Gasteiger partial charge is 0.508 e. The molecule has 5 aromatic carbocycles. The molecule has 690 valence electrons.